The fourth-order valence-corrected chi connectivity index (χ4v) is 2.95. The minimum Gasteiger partial charge on any atom is -0.477 e. The molecule has 0 unspecified atom stereocenters. The number of hydrogen-bond donors (Lipinski definition) is 2. The van der Waals surface area contributed by atoms with Crippen molar-refractivity contribution >= 4 is 23.3 Å². The molecule has 0 bridgehead atoms. The first-order chi connectivity index (χ1) is 8.02. The number of rotatable bonds is 6. The van der Waals surface area contributed by atoms with Crippen LogP contribution in [-0.4, -0.2) is 22.2 Å². The molecule has 0 fully saturated rings. The van der Waals surface area contributed by atoms with E-state index in [1.54, 1.807) is 0 Å². The molecule has 5 heteroatoms. The average molecular weight is 256 g/mol. The van der Waals surface area contributed by atoms with Gasteiger partial charge in [0, 0.05) is 0 Å². The molecule has 0 aliphatic carbocycles. The third-order valence-corrected chi connectivity index (χ3v) is 3.76. The van der Waals surface area contributed by atoms with Crippen LogP contribution in [-0.2, 0) is 12.8 Å². The first-order valence-electron chi connectivity index (χ1n) is 5.64. The third kappa shape index (κ3) is 2.85. The molecule has 0 aliphatic heterocycles. The Labute approximate surface area is 104 Å². The summed E-state index contributed by atoms with van der Waals surface area (Å²) in [5.74, 6) is -2.05. The van der Waals surface area contributed by atoms with Gasteiger partial charge in [-0.3, -0.25) is 0 Å². The summed E-state index contributed by atoms with van der Waals surface area (Å²) in [5.41, 5.74) is 1.42. The van der Waals surface area contributed by atoms with Crippen LogP contribution in [0.25, 0.3) is 0 Å². The second-order valence-electron chi connectivity index (χ2n) is 3.83. The molecular weight excluding hydrogens is 240 g/mol. The zero-order valence-electron chi connectivity index (χ0n) is 9.95. The lowest BCUT2D eigenvalue weighted by atomic mass is 10.00. The van der Waals surface area contributed by atoms with Gasteiger partial charge in [-0.15, -0.1) is 11.3 Å². The fraction of sp³-hybridized carbons (Fsp3) is 0.500. The Morgan fingerprint density at radius 3 is 1.53 bits per heavy atom. The van der Waals surface area contributed by atoms with Gasteiger partial charge in [-0.05, 0) is 24.0 Å². The van der Waals surface area contributed by atoms with E-state index < -0.39 is 11.9 Å². The molecule has 0 atom stereocenters. The lowest BCUT2D eigenvalue weighted by Gasteiger charge is -2.04. The van der Waals surface area contributed by atoms with Gasteiger partial charge in [0.15, 0.2) is 0 Å². The molecule has 0 aliphatic rings. The molecule has 1 aromatic heterocycles. The number of aromatic carboxylic acids is 2. The van der Waals surface area contributed by atoms with Crippen molar-refractivity contribution < 1.29 is 19.8 Å². The summed E-state index contributed by atoms with van der Waals surface area (Å²) in [4.78, 5) is 22.6. The van der Waals surface area contributed by atoms with E-state index in [0.29, 0.717) is 24.0 Å². The van der Waals surface area contributed by atoms with Crippen molar-refractivity contribution in [3.63, 3.8) is 0 Å². The van der Waals surface area contributed by atoms with E-state index in [4.69, 9.17) is 10.2 Å². The van der Waals surface area contributed by atoms with Gasteiger partial charge in [-0.1, -0.05) is 26.7 Å². The monoisotopic (exact) mass is 256 g/mol. The summed E-state index contributed by atoms with van der Waals surface area (Å²) in [5, 5.41) is 18.2. The Balaban J connectivity index is 3.37. The fourth-order valence-electron chi connectivity index (χ4n) is 1.87. The number of thiophene rings is 1. The Morgan fingerprint density at radius 2 is 1.29 bits per heavy atom. The largest absolute Gasteiger partial charge is 0.477 e. The number of carboxylic acids is 2. The van der Waals surface area contributed by atoms with Crippen molar-refractivity contribution in [3.8, 4) is 0 Å². The SMILES string of the molecule is CCCc1c(C(=O)O)sc(C(=O)O)c1CCC. The van der Waals surface area contributed by atoms with Crippen LogP contribution in [0.2, 0.25) is 0 Å². The predicted molar refractivity (Wildman–Crippen MR) is 66.2 cm³/mol. The van der Waals surface area contributed by atoms with Crippen LogP contribution >= 0.6 is 11.3 Å². The van der Waals surface area contributed by atoms with Gasteiger partial charge in [-0.25, -0.2) is 9.59 Å². The highest BCUT2D eigenvalue weighted by molar-refractivity contribution is 7.16. The smallest absolute Gasteiger partial charge is 0.346 e. The molecule has 0 saturated heterocycles. The zero-order valence-corrected chi connectivity index (χ0v) is 10.8. The zero-order chi connectivity index (χ0) is 13.0. The first kappa shape index (κ1) is 13.7. The summed E-state index contributed by atoms with van der Waals surface area (Å²) in [6.07, 6.45) is 2.88. The van der Waals surface area contributed by atoms with E-state index in [9.17, 15) is 9.59 Å². The van der Waals surface area contributed by atoms with Gasteiger partial charge >= 0.3 is 11.9 Å². The van der Waals surface area contributed by atoms with E-state index in [1.807, 2.05) is 13.8 Å². The maximum atomic E-state index is 11.1. The van der Waals surface area contributed by atoms with Gasteiger partial charge in [0.1, 0.15) is 9.75 Å². The van der Waals surface area contributed by atoms with Crippen molar-refractivity contribution in [2.75, 3.05) is 0 Å². The normalized spacial score (nSPS) is 10.5. The summed E-state index contributed by atoms with van der Waals surface area (Å²) in [6, 6.07) is 0. The molecule has 0 radical (unpaired) electrons. The minimum atomic E-state index is -1.02. The third-order valence-electron chi connectivity index (χ3n) is 2.51. The Bertz CT molecular complexity index is 395. The average Bonchev–Trinajstić information content (AvgIpc) is 2.59. The van der Waals surface area contributed by atoms with Crippen LogP contribution in [0.1, 0.15) is 57.2 Å². The number of carboxylic acid groups (broad SMARTS) is 2. The van der Waals surface area contributed by atoms with Crippen molar-refractivity contribution in [2.45, 2.75) is 39.5 Å². The van der Waals surface area contributed by atoms with E-state index in [2.05, 4.69) is 0 Å². The quantitative estimate of drug-likeness (QED) is 0.820. The van der Waals surface area contributed by atoms with E-state index in [1.165, 1.54) is 0 Å². The Morgan fingerprint density at radius 1 is 0.941 bits per heavy atom. The molecule has 1 aromatic rings. The molecular formula is C12H16O4S. The molecule has 1 heterocycles. The predicted octanol–water partition coefficient (Wildman–Crippen LogP) is 3.05. The Hall–Kier alpha value is -1.36. The molecule has 0 saturated carbocycles. The molecule has 17 heavy (non-hydrogen) atoms. The standard InChI is InChI=1S/C12H16O4S/c1-3-5-7-8(6-4-2)10(12(15)16)17-9(7)11(13)14/h3-6H2,1-2H3,(H,13,14)(H,15,16). The summed E-state index contributed by atoms with van der Waals surface area (Å²) in [6.45, 7) is 3.92. The second-order valence-corrected chi connectivity index (χ2v) is 4.85. The van der Waals surface area contributed by atoms with Crippen LogP contribution in [0.15, 0.2) is 0 Å². The van der Waals surface area contributed by atoms with Crippen LogP contribution in [0.5, 0.6) is 0 Å². The topological polar surface area (TPSA) is 74.6 Å². The van der Waals surface area contributed by atoms with Crippen molar-refractivity contribution in [1.82, 2.24) is 0 Å². The molecule has 0 amide bonds. The van der Waals surface area contributed by atoms with Crippen LogP contribution in [0.3, 0.4) is 0 Å². The van der Waals surface area contributed by atoms with Gasteiger partial charge in [0.2, 0.25) is 0 Å². The molecule has 4 nitrogen and oxygen atoms in total. The molecule has 94 valence electrons. The Kier molecular flexibility index (Phi) is 4.69. The minimum absolute atomic E-state index is 0.188. The maximum absolute atomic E-state index is 11.1. The van der Waals surface area contributed by atoms with Gasteiger partial charge in [0.05, 0.1) is 0 Å². The second kappa shape index (κ2) is 5.82. The van der Waals surface area contributed by atoms with Crippen LogP contribution in [0.4, 0.5) is 0 Å². The van der Waals surface area contributed by atoms with Crippen LogP contribution < -0.4 is 0 Å². The molecule has 0 aromatic carbocycles. The van der Waals surface area contributed by atoms with E-state index in [0.717, 1.165) is 24.2 Å². The lowest BCUT2D eigenvalue weighted by Crippen LogP contribution is -2.02. The summed E-state index contributed by atoms with van der Waals surface area (Å²) < 4.78 is 0. The number of hydrogen-bond acceptors (Lipinski definition) is 3. The summed E-state index contributed by atoms with van der Waals surface area (Å²) >= 11 is 0.883. The summed E-state index contributed by atoms with van der Waals surface area (Å²) in [7, 11) is 0. The molecule has 2 N–H and O–H groups in total. The molecule has 0 spiro atoms. The highest BCUT2D eigenvalue weighted by Gasteiger charge is 2.24. The van der Waals surface area contributed by atoms with Gasteiger partial charge in [0.25, 0.3) is 0 Å². The van der Waals surface area contributed by atoms with Gasteiger partial charge < -0.3 is 10.2 Å². The lowest BCUT2D eigenvalue weighted by molar-refractivity contribution is 0.0691. The van der Waals surface area contributed by atoms with Crippen molar-refractivity contribution in [3.05, 3.63) is 20.9 Å². The van der Waals surface area contributed by atoms with Gasteiger partial charge in [-0.2, -0.15) is 0 Å². The van der Waals surface area contributed by atoms with E-state index in [-0.39, 0.29) is 9.75 Å². The van der Waals surface area contributed by atoms with Crippen molar-refractivity contribution in [1.29, 1.82) is 0 Å². The van der Waals surface area contributed by atoms with Crippen molar-refractivity contribution in [2.24, 2.45) is 0 Å². The first-order valence-corrected chi connectivity index (χ1v) is 6.45. The number of carbonyl (C=O) groups is 2. The highest BCUT2D eigenvalue weighted by atomic mass is 32.1. The maximum Gasteiger partial charge on any atom is 0.346 e. The molecule has 1 rings (SSSR count). The van der Waals surface area contributed by atoms with E-state index >= 15 is 0 Å². The van der Waals surface area contributed by atoms with Crippen LogP contribution in [0, 0.1) is 0 Å². The highest BCUT2D eigenvalue weighted by Crippen LogP contribution is 2.31.